The van der Waals surface area contributed by atoms with E-state index < -0.39 is 5.82 Å². The van der Waals surface area contributed by atoms with E-state index in [9.17, 15) is 9.50 Å². The van der Waals surface area contributed by atoms with Crippen molar-refractivity contribution in [3.05, 3.63) is 42.2 Å². The first-order chi connectivity index (χ1) is 8.65. The Morgan fingerprint density at radius 3 is 2.89 bits per heavy atom. The van der Waals surface area contributed by atoms with Crippen molar-refractivity contribution in [2.24, 2.45) is 0 Å². The van der Waals surface area contributed by atoms with Gasteiger partial charge in [0.2, 0.25) is 0 Å². The summed E-state index contributed by atoms with van der Waals surface area (Å²) in [5.74, 6) is 0.147. The normalized spacial score (nSPS) is 10.9. The van der Waals surface area contributed by atoms with Gasteiger partial charge in [-0.15, -0.1) is 0 Å². The van der Waals surface area contributed by atoms with Crippen LogP contribution in [0, 0.1) is 5.82 Å². The van der Waals surface area contributed by atoms with Crippen LogP contribution in [-0.4, -0.2) is 15.1 Å². The fraction of sp³-hybridized carbons (Fsp3) is 0. The second kappa shape index (κ2) is 3.73. The number of nitrogens with one attached hydrogen (secondary N) is 1. The Hall–Kier alpha value is -2.56. The van der Waals surface area contributed by atoms with Crippen molar-refractivity contribution < 1.29 is 9.50 Å². The Morgan fingerprint density at radius 1 is 1.22 bits per heavy atom. The number of anilines is 1. The van der Waals surface area contributed by atoms with Crippen molar-refractivity contribution in [2.75, 3.05) is 5.73 Å². The molecular weight excluding hydrogens is 233 g/mol. The first-order valence-corrected chi connectivity index (χ1v) is 5.38. The fourth-order valence-corrected chi connectivity index (χ4v) is 1.87. The highest BCUT2D eigenvalue weighted by molar-refractivity contribution is 5.83. The summed E-state index contributed by atoms with van der Waals surface area (Å²) in [6, 6.07) is 9.35. The highest BCUT2D eigenvalue weighted by atomic mass is 19.1. The van der Waals surface area contributed by atoms with Crippen LogP contribution in [0.5, 0.6) is 5.75 Å². The zero-order valence-corrected chi connectivity index (χ0v) is 9.31. The van der Waals surface area contributed by atoms with Gasteiger partial charge in [0.15, 0.2) is 0 Å². The van der Waals surface area contributed by atoms with E-state index in [0.717, 1.165) is 0 Å². The summed E-state index contributed by atoms with van der Waals surface area (Å²) < 4.78 is 13.4. The second-order valence-electron chi connectivity index (χ2n) is 3.99. The number of aromatic hydroxyl groups is 1. The molecule has 3 aromatic rings. The minimum absolute atomic E-state index is 0.0563. The first-order valence-electron chi connectivity index (χ1n) is 5.38. The van der Waals surface area contributed by atoms with Gasteiger partial charge in [0.05, 0.1) is 16.7 Å². The standard InChI is InChI=1S/C13H10FN3O/c14-9-3-1-2-8(12(9)15)13-16-10-5-4-7(18)6-11(10)17-13/h1-6,18H,15H2,(H,16,17). The molecule has 4 nitrogen and oxygen atoms in total. The fourth-order valence-electron chi connectivity index (χ4n) is 1.87. The molecule has 0 amide bonds. The molecule has 0 aliphatic heterocycles. The van der Waals surface area contributed by atoms with Gasteiger partial charge in [0, 0.05) is 11.6 Å². The van der Waals surface area contributed by atoms with Crippen molar-refractivity contribution >= 4 is 16.7 Å². The molecule has 90 valence electrons. The van der Waals surface area contributed by atoms with Gasteiger partial charge in [0.25, 0.3) is 0 Å². The third-order valence-corrected chi connectivity index (χ3v) is 2.77. The van der Waals surface area contributed by atoms with Gasteiger partial charge in [0.1, 0.15) is 17.4 Å². The smallest absolute Gasteiger partial charge is 0.146 e. The number of nitrogens with two attached hydrogens (primary N) is 1. The van der Waals surface area contributed by atoms with Gasteiger partial charge in [-0.3, -0.25) is 0 Å². The van der Waals surface area contributed by atoms with Crippen LogP contribution in [0.25, 0.3) is 22.4 Å². The predicted octanol–water partition coefficient (Wildman–Crippen LogP) is 2.66. The summed E-state index contributed by atoms with van der Waals surface area (Å²) in [5, 5.41) is 9.38. The number of hydrogen-bond donors (Lipinski definition) is 3. The third-order valence-electron chi connectivity index (χ3n) is 2.77. The van der Waals surface area contributed by atoms with E-state index in [0.29, 0.717) is 22.4 Å². The molecule has 0 fully saturated rings. The molecule has 0 spiro atoms. The van der Waals surface area contributed by atoms with Crippen LogP contribution in [0.15, 0.2) is 36.4 Å². The minimum Gasteiger partial charge on any atom is -0.508 e. The number of para-hydroxylation sites is 1. The highest BCUT2D eigenvalue weighted by Crippen LogP contribution is 2.28. The number of benzene rings is 2. The van der Waals surface area contributed by atoms with Gasteiger partial charge in [-0.05, 0) is 24.3 Å². The van der Waals surface area contributed by atoms with Crippen LogP contribution in [0.1, 0.15) is 0 Å². The largest absolute Gasteiger partial charge is 0.508 e. The number of aromatic amines is 1. The third kappa shape index (κ3) is 1.57. The molecule has 4 N–H and O–H groups in total. The van der Waals surface area contributed by atoms with Crippen LogP contribution >= 0.6 is 0 Å². The number of hydrogen-bond acceptors (Lipinski definition) is 3. The number of phenols is 1. The number of fused-ring (bicyclic) bond motifs is 1. The second-order valence-corrected chi connectivity index (χ2v) is 3.99. The molecule has 1 aromatic heterocycles. The maximum absolute atomic E-state index is 13.4. The summed E-state index contributed by atoms with van der Waals surface area (Å²) in [4.78, 5) is 7.32. The first kappa shape index (κ1) is 10.6. The maximum atomic E-state index is 13.4. The van der Waals surface area contributed by atoms with E-state index in [1.54, 1.807) is 30.3 Å². The topological polar surface area (TPSA) is 74.9 Å². The number of phenolic OH excluding ortho intramolecular Hbond substituents is 1. The van der Waals surface area contributed by atoms with Gasteiger partial charge < -0.3 is 15.8 Å². The molecule has 0 saturated carbocycles. The maximum Gasteiger partial charge on any atom is 0.146 e. The number of halogens is 1. The monoisotopic (exact) mass is 243 g/mol. The summed E-state index contributed by atoms with van der Waals surface area (Å²) in [6.45, 7) is 0. The molecule has 0 aliphatic rings. The summed E-state index contributed by atoms with van der Waals surface area (Å²) in [5.41, 5.74) is 7.60. The molecule has 18 heavy (non-hydrogen) atoms. The lowest BCUT2D eigenvalue weighted by Crippen LogP contribution is -1.94. The lowest BCUT2D eigenvalue weighted by molar-refractivity contribution is 0.476. The molecule has 0 radical (unpaired) electrons. The Labute approximate surface area is 102 Å². The van der Waals surface area contributed by atoms with E-state index in [1.165, 1.54) is 6.07 Å². The van der Waals surface area contributed by atoms with Crippen molar-refractivity contribution in [3.63, 3.8) is 0 Å². The Bertz CT molecular complexity index is 736. The van der Waals surface area contributed by atoms with E-state index in [4.69, 9.17) is 5.73 Å². The average Bonchev–Trinajstić information content (AvgIpc) is 2.75. The summed E-state index contributed by atoms with van der Waals surface area (Å²) >= 11 is 0. The predicted molar refractivity (Wildman–Crippen MR) is 67.6 cm³/mol. The molecule has 0 saturated heterocycles. The number of rotatable bonds is 1. The number of H-pyrrole nitrogens is 1. The lowest BCUT2D eigenvalue weighted by Gasteiger charge is -2.02. The van der Waals surface area contributed by atoms with E-state index >= 15 is 0 Å². The molecule has 3 rings (SSSR count). The Kier molecular flexibility index (Phi) is 2.19. The molecule has 0 aliphatic carbocycles. The SMILES string of the molecule is Nc1c(F)cccc1-c1nc2ccc(O)cc2[nH]1. The molecule has 2 aromatic carbocycles. The summed E-state index contributed by atoms with van der Waals surface area (Å²) in [6.07, 6.45) is 0. The zero-order valence-electron chi connectivity index (χ0n) is 9.31. The Balaban J connectivity index is 2.22. The molecule has 5 heteroatoms. The highest BCUT2D eigenvalue weighted by Gasteiger charge is 2.11. The van der Waals surface area contributed by atoms with Crippen molar-refractivity contribution in [3.8, 4) is 17.1 Å². The van der Waals surface area contributed by atoms with E-state index in [2.05, 4.69) is 9.97 Å². The number of nitrogens with zero attached hydrogens (tertiary/aromatic N) is 1. The number of nitrogen functional groups attached to an aromatic ring is 1. The van der Waals surface area contributed by atoms with Gasteiger partial charge >= 0.3 is 0 Å². The quantitative estimate of drug-likeness (QED) is 0.575. The van der Waals surface area contributed by atoms with Crippen molar-refractivity contribution in [2.45, 2.75) is 0 Å². The molecule has 0 atom stereocenters. The zero-order chi connectivity index (χ0) is 12.7. The van der Waals surface area contributed by atoms with E-state index in [1.807, 2.05) is 0 Å². The molecule has 0 bridgehead atoms. The number of imidazole rings is 1. The van der Waals surface area contributed by atoms with Crippen LogP contribution in [0.4, 0.5) is 10.1 Å². The molecule has 0 unspecified atom stereocenters. The summed E-state index contributed by atoms with van der Waals surface area (Å²) in [7, 11) is 0. The molecule has 1 heterocycles. The van der Waals surface area contributed by atoms with Gasteiger partial charge in [-0.25, -0.2) is 9.37 Å². The van der Waals surface area contributed by atoms with Gasteiger partial charge in [-0.1, -0.05) is 6.07 Å². The average molecular weight is 243 g/mol. The van der Waals surface area contributed by atoms with Gasteiger partial charge in [-0.2, -0.15) is 0 Å². The van der Waals surface area contributed by atoms with Crippen molar-refractivity contribution in [1.82, 2.24) is 9.97 Å². The Morgan fingerprint density at radius 2 is 2.06 bits per heavy atom. The van der Waals surface area contributed by atoms with E-state index in [-0.39, 0.29) is 11.4 Å². The van der Waals surface area contributed by atoms with Crippen LogP contribution in [0.3, 0.4) is 0 Å². The van der Waals surface area contributed by atoms with Crippen molar-refractivity contribution in [1.29, 1.82) is 0 Å². The van der Waals surface area contributed by atoms with Crippen LogP contribution < -0.4 is 5.73 Å². The lowest BCUT2D eigenvalue weighted by atomic mass is 10.1. The van der Waals surface area contributed by atoms with Crippen LogP contribution in [0.2, 0.25) is 0 Å². The molecular formula is C13H10FN3O. The number of aromatic nitrogens is 2. The minimum atomic E-state index is -0.476. The van der Waals surface area contributed by atoms with Crippen LogP contribution in [-0.2, 0) is 0 Å².